The Kier molecular flexibility index (Phi) is 4.11. The van der Waals surface area contributed by atoms with Crippen molar-refractivity contribution in [1.29, 1.82) is 0 Å². The monoisotopic (exact) mass is 280 g/mol. The van der Waals surface area contributed by atoms with Gasteiger partial charge >= 0.3 is 5.97 Å². The van der Waals surface area contributed by atoms with Gasteiger partial charge in [-0.1, -0.05) is 0 Å². The number of carbonyl (C=O) groups excluding carboxylic acids is 1. The molecule has 1 atom stereocenters. The molecule has 1 unspecified atom stereocenters. The van der Waals surface area contributed by atoms with Crippen molar-refractivity contribution in [2.24, 2.45) is 0 Å². The molecule has 0 bridgehead atoms. The van der Waals surface area contributed by atoms with Gasteiger partial charge in [-0.05, 0) is 31.2 Å². The zero-order valence-corrected chi connectivity index (χ0v) is 11.3. The highest BCUT2D eigenvalue weighted by Crippen LogP contribution is 2.26. The zero-order chi connectivity index (χ0) is 13.8. The molecule has 0 aliphatic rings. The van der Waals surface area contributed by atoms with Gasteiger partial charge in [0.25, 0.3) is 0 Å². The number of thiazole rings is 1. The molecular weight excluding hydrogens is 267 g/mol. The lowest BCUT2D eigenvalue weighted by atomic mass is 10.2. The van der Waals surface area contributed by atoms with E-state index in [4.69, 9.17) is 4.74 Å². The molecule has 100 valence electrons. The summed E-state index contributed by atoms with van der Waals surface area (Å²) in [6.45, 7) is 1.83. The molecule has 1 aromatic carbocycles. The number of carbonyl (C=O) groups is 1. The van der Waals surface area contributed by atoms with Crippen molar-refractivity contribution in [3.05, 3.63) is 46.2 Å². The van der Waals surface area contributed by atoms with Gasteiger partial charge in [0.05, 0.1) is 23.2 Å². The first kappa shape index (κ1) is 13.5. The van der Waals surface area contributed by atoms with Crippen LogP contribution < -0.4 is 5.32 Å². The maximum Gasteiger partial charge on any atom is 0.333 e. The van der Waals surface area contributed by atoms with Gasteiger partial charge in [0.15, 0.2) is 6.04 Å². The number of ether oxygens (including phenoxy) is 1. The molecule has 2 aromatic rings. The van der Waals surface area contributed by atoms with Gasteiger partial charge in [-0.25, -0.2) is 14.2 Å². The number of halogens is 1. The van der Waals surface area contributed by atoms with Gasteiger partial charge < -0.3 is 10.1 Å². The van der Waals surface area contributed by atoms with E-state index in [9.17, 15) is 9.18 Å². The van der Waals surface area contributed by atoms with E-state index in [1.165, 1.54) is 30.6 Å². The van der Waals surface area contributed by atoms with Crippen LogP contribution in [0.5, 0.6) is 0 Å². The molecule has 1 N–H and O–H groups in total. The number of nitrogens with one attached hydrogen (secondary N) is 1. The van der Waals surface area contributed by atoms with E-state index in [1.807, 2.05) is 6.92 Å². The van der Waals surface area contributed by atoms with E-state index in [1.54, 1.807) is 17.6 Å². The first-order valence-electron chi connectivity index (χ1n) is 5.61. The lowest BCUT2D eigenvalue weighted by molar-refractivity contribution is -0.141. The van der Waals surface area contributed by atoms with Crippen LogP contribution in [0, 0.1) is 12.7 Å². The second-order valence-electron chi connectivity index (χ2n) is 3.91. The van der Waals surface area contributed by atoms with Crippen molar-refractivity contribution in [3.63, 3.8) is 0 Å². The fraction of sp³-hybridized carbons (Fsp3) is 0.231. The molecule has 0 spiro atoms. The predicted octanol–water partition coefficient (Wildman–Crippen LogP) is 2.92. The first-order valence-corrected chi connectivity index (χ1v) is 6.49. The van der Waals surface area contributed by atoms with E-state index in [0.717, 1.165) is 10.6 Å². The standard InChI is InChI=1S/C13H13FN2O2S/c1-8-12(19-7-15-8)11(13(17)18-2)16-10-5-3-9(14)4-6-10/h3-7,11,16H,1-2H3. The van der Waals surface area contributed by atoms with Crippen LogP contribution in [0.4, 0.5) is 10.1 Å². The Morgan fingerprint density at radius 3 is 2.63 bits per heavy atom. The zero-order valence-electron chi connectivity index (χ0n) is 10.5. The largest absolute Gasteiger partial charge is 0.467 e. The van der Waals surface area contributed by atoms with E-state index in [2.05, 4.69) is 10.3 Å². The summed E-state index contributed by atoms with van der Waals surface area (Å²) in [4.78, 5) is 16.8. The fourth-order valence-electron chi connectivity index (χ4n) is 1.65. The summed E-state index contributed by atoms with van der Waals surface area (Å²) in [5.41, 5.74) is 3.09. The first-order chi connectivity index (χ1) is 9.11. The van der Waals surface area contributed by atoms with Gasteiger partial charge in [0, 0.05) is 5.69 Å². The van der Waals surface area contributed by atoms with Crippen molar-refractivity contribution in [3.8, 4) is 0 Å². The molecule has 19 heavy (non-hydrogen) atoms. The molecule has 0 amide bonds. The summed E-state index contributed by atoms with van der Waals surface area (Å²) in [7, 11) is 1.33. The molecule has 4 nitrogen and oxygen atoms in total. The number of esters is 1. The van der Waals surface area contributed by atoms with E-state index < -0.39 is 12.0 Å². The molecule has 2 rings (SSSR count). The van der Waals surface area contributed by atoms with Crippen LogP contribution in [0.2, 0.25) is 0 Å². The van der Waals surface area contributed by atoms with Crippen molar-refractivity contribution in [1.82, 2.24) is 4.98 Å². The van der Waals surface area contributed by atoms with E-state index >= 15 is 0 Å². The highest BCUT2D eigenvalue weighted by molar-refractivity contribution is 7.10. The van der Waals surface area contributed by atoms with Crippen molar-refractivity contribution in [2.75, 3.05) is 12.4 Å². The molecule has 0 saturated heterocycles. The average Bonchev–Trinajstić information content (AvgIpc) is 2.83. The quantitative estimate of drug-likeness (QED) is 0.875. The normalized spacial score (nSPS) is 11.9. The van der Waals surface area contributed by atoms with E-state index in [-0.39, 0.29) is 5.82 Å². The number of hydrogen-bond acceptors (Lipinski definition) is 5. The Labute approximate surface area is 114 Å². The number of rotatable bonds is 4. The number of anilines is 1. The molecular formula is C13H13FN2O2S. The summed E-state index contributed by atoms with van der Waals surface area (Å²) in [5.74, 6) is -0.731. The third-order valence-electron chi connectivity index (χ3n) is 2.64. The van der Waals surface area contributed by atoms with Gasteiger partial charge in [-0.15, -0.1) is 11.3 Å². The maximum absolute atomic E-state index is 12.9. The minimum absolute atomic E-state index is 0.325. The summed E-state index contributed by atoms with van der Waals surface area (Å²) >= 11 is 1.38. The van der Waals surface area contributed by atoms with Crippen LogP contribution in [-0.4, -0.2) is 18.1 Å². The molecule has 0 aliphatic heterocycles. The highest BCUT2D eigenvalue weighted by atomic mass is 32.1. The molecule has 6 heteroatoms. The van der Waals surface area contributed by atoms with Gasteiger partial charge in [-0.3, -0.25) is 0 Å². The minimum Gasteiger partial charge on any atom is -0.467 e. The van der Waals surface area contributed by atoms with Crippen molar-refractivity contribution >= 4 is 23.0 Å². The third kappa shape index (κ3) is 3.08. The predicted molar refractivity (Wildman–Crippen MR) is 71.6 cm³/mol. The SMILES string of the molecule is COC(=O)C(Nc1ccc(F)cc1)c1scnc1C. The van der Waals surface area contributed by atoms with Crippen LogP contribution in [0.3, 0.4) is 0 Å². The summed E-state index contributed by atoms with van der Waals surface area (Å²) in [6, 6.07) is 5.17. The number of benzene rings is 1. The van der Waals surface area contributed by atoms with Crippen LogP contribution >= 0.6 is 11.3 Å². The van der Waals surface area contributed by atoms with Crippen LogP contribution in [0.25, 0.3) is 0 Å². The second-order valence-corrected chi connectivity index (χ2v) is 4.80. The van der Waals surface area contributed by atoms with Crippen LogP contribution in [0.1, 0.15) is 16.6 Å². The Morgan fingerprint density at radius 2 is 2.11 bits per heavy atom. The molecule has 0 fully saturated rings. The van der Waals surface area contributed by atoms with Gasteiger partial charge in [0.2, 0.25) is 0 Å². The maximum atomic E-state index is 12.9. The van der Waals surface area contributed by atoms with Crippen LogP contribution in [0.15, 0.2) is 29.8 Å². The fourth-order valence-corrected chi connectivity index (χ4v) is 2.49. The lowest BCUT2D eigenvalue weighted by Crippen LogP contribution is -2.22. The average molecular weight is 280 g/mol. The number of nitrogens with zero attached hydrogens (tertiary/aromatic N) is 1. The lowest BCUT2D eigenvalue weighted by Gasteiger charge is -2.16. The second kappa shape index (κ2) is 5.79. The smallest absolute Gasteiger partial charge is 0.333 e. The molecule has 0 saturated carbocycles. The number of aromatic nitrogens is 1. The number of methoxy groups -OCH3 is 1. The minimum atomic E-state index is -0.636. The number of aryl methyl sites for hydroxylation is 1. The van der Waals surface area contributed by atoms with E-state index in [0.29, 0.717) is 5.69 Å². The Bertz CT molecular complexity index is 568. The molecule has 0 radical (unpaired) electrons. The summed E-state index contributed by atoms with van der Waals surface area (Å²) < 4.78 is 17.6. The number of hydrogen-bond donors (Lipinski definition) is 1. The molecule has 0 aliphatic carbocycles. The Balaban J connectivity index is 2.27. The third-order valence-corrected chi connectivity index (χ3v) is 3.63. The van der Waals surface area contributed by atoms with Gasteiger partial charge in [-0.2, -0.15) is 0 Å². The summed E-state index contributed by atoms with van der Waals surface area (Å²) in [5, 5.41) is 3.03. The van der Waals surface area contributed by atoms with Crippen molar-refractivity contribution in [2.45, 2.75) is 13.0 Å². The Morgan fingerprint density at radius 1 is 1.42 bits per heavy atom. The topological polar surface area (TPSA) is 51.2 Å². The molecule has 1 heterocycles. The molecule has 1 aromatic heterocycles. The highest BCUT2D eigenvalue weighted by Gasteiger charge is 2.24. The Hall–Kier alpha value is -1.95. The summed E-state index contributed by atoms with van der Waals surface area (Å²) in [6.07, 6.45) is 0. The van der Waals surface area contributed by atoms with Crippen molar-refractivity contribution < 1.29 is 13.9 Å². The van der Waals surface area contributed by atoms with Gasteiger partial charge in [0.1, 0.15) is 5.82 Å². The van der Waals surface area contributed by atoms with Crippen LogP contribution in [-0.2, 0) is 9.53 Å².